The van der Waals surface area contributed by atoms with Crippen molar-refractivity contribution in [2.45, 2.75) is 19.3 Å². The minimum atomic E-state index is -1.19. The van der Waals surface area contributed by atoms with E-state index in [-0.39, 0.29) is 40.8 Å². The summed E-state index contributed by atoms with van der Waals surface area (Å²) in [5.74, 6) is -6.87. The normalized spacial score (nSPS) is 25.0. The van der Waals surface area contributed by atoms with Crippen LogP contribution >= 0.6 is 11.6 Å². The highest BCUT2D eigenvalue weighted by Crippen LogP contribution is 2.52. The van der Waals surface area contributed by atoms with Gasteiger partial charge in [0.05, 0.1) is 16.5 Å². The number of rotatable bonds is 1. The molecule has 3 unspecified atom stereocenters. The molecule has 0 spiro atoms. The lowest BCUT2D eigenvalue weighted by molar-refractivity contribution is -0.127. The van der Waals surface area contributed by atoms with Crippen LogP contribution < -0.4 is 5.73 Å². The molecule has 0 bridgehead atoms. The molecule has 0 aliphatic heterocycles. The number of nitrogens with two attached hydrogens (primary N) is 1. The molecule has 5 N–H and O–H groups in total. The molecule has 2 aromatic carbocycles. The molecule has 0 radical (unpaired) electrons. The average molecular weight is 458 g/mol. The molecular weight excluding hydrogens is 441 g/mol. The molecule has 0 saturated heterocycles. The Bertz CT molecular complexity index is 1340. The number of aliphatic hydroxyl groups excluding tert-OH is 2. The number of halogens is 2. The summed E-state index contributed by atoms with van der Waals surface area (Å²) in [5.41, 5.74) is 4.95. The molecule has 0 heterocycles. The Morgan fingerprint density at radius 2 is 1.84 bits per heavy atom. The van der Waals surface area contributed by atoms with Crippen molar-refractivity contribution in [3.63, 3.8) is 0 Å². The second-order valence-electron chi connectivity index (χ2n) is 8.46. The van der Waals surface area contributed by atoms with E-state index in [0.717, 1.165) is 6.07 Å². The van der Waals surface area contributed by atoms with E-state index in [1.807, 2.05) is 0 Å². The summed E-state index contributed by atoms with van der Waals surface area (Å²) in [6.45, 7) is 0. The number of allylic oxidation sites excluding steroid dienone is 2. The van der Waals surface area contributed by atoms with Gasteiger partial charge in [0.2, 0.25) is 0 Å². The number of ketones is 2. The summed E-state index contributed by atoms with van der Waals surface area (Å²) in [6.07, 6.45) is 0.340. The zero-order valence-electron chi connectivity index (χ0n) is 16.5. The molecule has 164 valence electrons. The fourth-order valence-corrected chi connectivity index (χ4v) is 5.77. The second kappa shape index (κ2) is 6.80. The van der Waals surface area contributed by atoms with Crippen molar-refractivity contribution in [2.75, 3.05) is 0 Å². The number of carbonyl (C=O) groups excluding carboxylic acids is 3. The summed E-state index contributed by atoms with van der Waals surface area (Å²) in [7, 11) is 0. The molecule has 1 saturated carbocycles. The van der Waals surface area contributed by atoms with E-state index in [0.29, 0.717) is 10.9 Å². The smallest absolute Gasteiger partial charge is 0.255 e. The molecule has 0 aromatic heterocycles. The zero-order chi connectivity index (χ0) is 23.1. The summed E-state index contributed by atoms with van der Waals surface area (Å²) in [5, 5.41) is 33.1. The topological polar surface area (TPSA) is 138 Å². The van der Waals surface area contributed by atoms with E-state index in [1.54, 1.807) is 0 Å². The Hall–Kier alpha value is -3.39. The highest BCUT2D eigenvalue weighted by atomic mass is 35.5. The van der Waals surface area contributed by atoms with Gasteiger partial charge < -0.3 is 21.1 Å². The maximum atomic E-state index is 13.8. The quantitative estimate of drug-likeness (QED) is 0.485. The van der Waals surface area contributed by atoms with Crippen molar-refractivity contribution >= 4 is 45.6 Å². The number of hydrogen-bond donors (Lipinski definition) is 4. The standard InChI is InChI=1S/C23H17ClFNO6/c24-18-10-2-1-9(25)6-11(10)19(28)16-12(18)4-7-3-8-5-13(27)17(23(26)32)22(31)15(8)20(29)14(7)21(16)30/h1-2,6-8,15,28,30-31H,3-5H2,(H2,26,32). The fourth-order valence-electron chi connectivity index (χ4n) is 5.43. The van der Waals surface area contributed by atoms with Gasteiger partial charge in [-0.05, 0) is 48.4 Å². The van der Waals surface area contributed by atoms with Gasteiger partial charge in [-0.2, -0.15) is 0 Å². The van der Waals surface area contributed by atoms with Crippen LogP contribution in [-0.2, 0) is 20.8 Å². The average Bonchev–Trinajstić information content (AvgIpc) is 2.70. The maximum absolute atomic E-state index is 13.8. The molecule has 1 amide bonds. The first-order valence-electron chi connectivity index (χ1n) is 9.98. The predicted octanol–water partition coefficient (Wildman–Crippen LogP) is 3.25. The number of Topliss-reactive ketones (excluding diaryl/α,β-unsaturated/α-hetero) is 2. The Morgan fingerprint density at radius 1 is 1.12 bits per heavy atom. The van der Waals surface area contributed by atoms with Crippen LogP contribution in [0.4, 0.5) is 4.39 Å². The SMILES string of the molecule is NC(=O)C1=C(O)C2C(=O)C3=C(O)c4c(c(Cl)c5ccc(F)cc5c4O)CC3CC2CC1=O. The molecule has 32 heavy (non-hydrogen) atoms. The van der Waals surface area contributed by atoms with Gasteiger partial charge in [0.15, 0.2) is 11.6 Å². The van der Waals surface area contributed by atoms with Crippen LogP contribution in [-0.4, -0.2) is 32.8 Å². The van der Waals surface area contributed by atoms with E-state index in [2.05, 4.69) is 0 Å². The van der Waals surface area contributed by atoms with Crippen molar-refractivity contribution in [1.29, 1.82) is 0 Å². The number of benzene rings is 2. The zero-order valence-corrected chi connectivity index (χ0v) is 17.2. The third kappa shape index (κ3) is 2.62. The maximum Gasteiger partial charge on any atom is 0.255 e. The van der Waals surface area contributed by atoms with Crippen molar-refractivity contribution in [1.82, 2.24) is 0 Å². The summed E-state index contributed by atoms with van der Waals surface area (Å²) in [4.78, 5) is 37.3. The lowest BCUT2D eigenvalue weighted by Gasteiger charge is -2.41. The Balaban J connectivity index is 1.73. The predicted molar refractivity (Wildman–Crippen MR) is 112 cm³/mol. The van der Waals surface area contributed by atoms with E-state index < -0.39 is 63.9 Å². The van der Waals surface area contributed by atoms with Crippen LogP contribution in [0.3, 0.4) is 0 Å². The molecule has 2 aromatic rings. The number of fused-ring (bicyclic) bond motifs is 4. The highest BCUT2D eigenvalue weighted by molar-refractivity contribution is 6.37. The monoisotopic (exact) mass is 457 g/mol. The van der Waals surface area contributed by atoms with Gasteiger partial charge in [0.25, 0.3) is 5.91 Å². The number of amides is 1. The summed E-state index contributed by atoms with van der Waals surface area (Å²) < 4.78 is 13.8. The molecule has 1 fully saturated rings. The van der Waals surface area contributed by atoms with Gasteiger partial charge in [0.1, 0.15) is 28.7 Å². The lowest BCUT2D eigenvalue weighted by atomic mass is 9.61. The minimum Gasteiger partial charge on any atom is -0.511 e. The highest BCUT2D eigenvalue weighted by Gasteiger charge is 2.51. The first-order chi connectivity index (χ1) is 15.1. The van der Waals surface area contributed by atoms with E-state index in [9.17, 15) is 34.1 Å². The largest absolute Gasteiger partial charge is 0.511 e. The van der Waals surface area contributed by atoms with E-state index in [1.165, 1.54) is 12.1 Å². The summed E-state index contributed by atoms with van der Waals surface area (Å²) >= 11 is 6.55. The van der Waals surface area contributed by atoms with Crippen LogP contribution in [0.15, 0.2) is 35.1 Å². The molecule has 3 aliphatic carbocycles. The van der Waals surface area contributed by atoms with Gasteiger partial charge in [-0.25, -0.2) is 4.39 Å². The van der Waals surface area contributed by atoms with Crippen LogP contribution in [0.1, 0.15) is 24.0 Å². The van der Waals surface area contributed by atoms with Gasteiger partial charge in [0, 0.05) is 22.8 Å². The number of primary amides is 1. The third-order valence-corrected chi connectivity index (χ3v) is 7.19. The number of phenolic OH excluding ortho intramolecular Hbond substituents is 1. The first kappa shape index (κ1) is 20.5. The van der Waals surface area contributed by atoms with Gasteiger partial charge in [-0.15, -0.1) is 0 Å². The minimum absolute atomic E-state index is 0.0226. The van der Waals surface area contributed by atoms with E-state index in [4.69, 9.17) is 17.3 Å². The Labute approximate surface area is 185 Å². The molecule has 7 nitrogen and oxygen atoms in total. The van der Waals surface area contributed by atoms with Crippen molar-refractivity contribution in [2.24, 2.45) is 23.5 Å². The Morgan fingerprint density at radius 3 is 2.53 bits per heavy atom. The van der Waals surface area contributed by atoms with Crippen molar-refractivity contribution in [3.05, 3.63) is 57.1 Å². The third-order valence-electron chi connectivity index (χ3n) is 6.76. The van der Waals surface area contributed by atoms with E-state index >= 15 is 0 Å². The second-order valence-corrected chi connectivity index (χ2v) is 8.84. The van der Waals surface area contributed by atoms with Crippen LogP contribution in [0.5, 0.6) is 5.75 Å². The fraction of sp³-hybridized carbons (Fsp3) is 0.261. The molecular formula is C23H17ClFNO6. The van der Waals surface area contributed by atoms with Crippen LogP contribution in [0.2, 0.25) is 5.02 Å². The number of aliphatic hydroxyl groups is 2. The number of aromatic hydroxyl groups is 1. The van der Waals surface area contributed by atoms with Gasteiger partial charge >= 0.3 is 0 Å². The van der Waals surface area contributed by atoms with Gasteiger partial charge in [-0.1, -0.05) is 11.6 Å². The van der Waals surface area contributed by atoms with Crippen LogP contribution in [0.25, 0.3) is 16.5 Å². The molecule has 3 atom stereocenters. The van der Waals surface area contributed by atoms with Crippen molar-refractivity contribution < 1.29 is 34.1 Å². The number of carbonyl (C=O) groups is 3. The first-order valence-corrected chi connectivity index (χ1v) is 10.4. The number of hydrogen-bond acceptors (Lipinski definition) is 6. The molecule has 5 rings (SSSR count). The Kier molecular flexibility index (Phi) is 4.36. The molecule has 9 heteroatoms. The lowest BCUT2D eigenvalue weighted by Crippen LogP contribution is -2.44. The molecule has 3 aliphatic rings. The van der Waals surface area contributed by atoms with Crippen LogP contribution in [0, 0.1) is 23.6 Å². The van der Waals surface area contributed by atoms with Crippen molar-refractivity contribution in [3.8, 4) is 5.75 Å². The summed E-state index contributed by atoms with van der Waals surface area (Å²) in [6, 6.07) is 3.72. The van der Waals surface area contributed by atoms with Gasteiger partial charge in [-0.3, -0.25) is 14.4 Å². The number of phenols is 1.